The Hall–Kier alpha value is -1.23. The minimum atomic E-state index is 0.351. The van der Waals surface area contributed by atoms with Crippen molar-refractivity contribution in [3.8, 4) is 11.5 Å². The van der Waals surface area contributed by atoms with E-state index in [2.05, 4.69) is 85.8 Å². The molecule has 23 heavy (non-hydrogen) atoms. The molecule has 0 aliphatic heterocycles. The number of hydrogen-bond donors (Lipinski definition) is 0. The molecule has 2 aromatic carbocycles. The topological polar surface area (TPSA) is 18.5 Å². The van der Waals surface area contributed by atoms with Crippen LogP contribution in [0.5, 0.6) is 11.5 Å². The molecule has 0 aliphatic carbocycles. The molecule has 2 nitrogen and oxygen atoms in total. The average molecular weight is 424 g/mol. The summed E-state index contributed by atoms with van der Waals surface area (Å²) in [6.07, 6.45) is 2.06. The summed E-state index contributed by atoms with van der Waals surface area (Å²) in [6.45, 7) is 8.01. The van der Waals surface area contributed by atoms with Crippen molar-refractivity contribution in [1.82, 2.24) is 0 Å². The van der Waals surface area contributed by atoms with Crippen LogP contribution in [0.2, 0.25) is 0 Å². The molecule has 3 heteroatoms. The number of ether oxygens (including phenoxy) is 2. The largest absolute Gasteiger partial charge is 0.494 e. The van der Waals surface area contributed by atoms with Crippen LogP contribution < -0.4 is 9.47 Å². The van der Waals surface area contributed by atoms with Gasteiger partial charge in [-0.1, -0.05) is 39.0 Å². The fourth-order valence-corrected chi connectivity index (χ4v) is 3.08. The molecular formula is C20H25IO2. The van der Waals surface area contributed by atoms with Gasteiger partial charge in [-0.25, -0.2) is 0 Å². The summed E-state index contributed by atoms with van der Waals surface area (Å²) in [6, 6.07) is 14.9. The second-order valence-corrected chi connectivity index (χ2v) is 6.84. The highest BCUT2D eigenvalue weighted by molar-refractivity contribution is 14.1. The van der Waals surface area contributed by atoms with Crippen LogP contribution in [0.1, 0.15) is 50.7 Å². The Labute approximate surface area is 153 Å². The van der Waals surface area contributed by atoms with E-state index in [4.69, 9.17) is 9.47 Å². The maximum atomic E-state index is 5.76. The quantitative estimate of drug-likeness (QED) is 0.483. The molecule has 0 amide bonds. The lowest BCUT2D eigenvalue weighted by molar-refractivity contribution is 0.315. The van der Waals surface area contributed by atoms with E-state index in [0.29, 0.717) is 5.92 Å². The van der Waals surface area contributed by atoms with Gasteiger partial charge >= 0.3 is 0 Å². The normalized spacial score (nSPS) is 12.0. The molecule has 0 spiro atoms. The van der Waals surface area contributed by atoms with Gasteiger partial charge in [-0.3, -0.25) is 0 Å². The van der Waals surface area contributed by atoms with E-state index in [9.17, 15) is 0 Å². The molecule has 0 bridgehead atoms. The number of benzene rings is 2. The Balaban J connectivity index is 2.10. The predicted molar refractivity (Wildman–Crippen MR) is 105 cm³/mol. The molecule has 0 saturated heterocycles. The van der Waals surface area contributed by atoms with E-state index >= 15 is 0 Å². The second-order valence-electron chi connectivity index (χ2n) is 5.68. The first-order valence-corrected chi connectivity index (χ1v) is 9.38. The highest BCUT2D eigenvalue weighted by atomic mass is 127. The van der Waals surface area contributed by atoms with E-state index < -0.39 is 0 Å². The molecule has 0 fully saturated rings. The standard InChI is InChI=1S/C20H25IO2/c1-4-12-22-18-9-6-16(7-10-18)15(3)17-8-11-20(19(21)14-17)23-13-5-2/h6-11,14-15H,4-5,12-13H2,1-3H3. The van der Waals surface area contributed by atoms with Gasteiger partial charge in [0.1, 0.15) is 11.5 Å². The lowest BCUT2D eigenvalue weighted by Crippen LogP contribution is -2.01. The summed E-state index contributed by atoms with van der Waals surface area (Å²) in [5.41, 5.74) is 2.60. The van der Waals surface area contributed by atoms with E-state index in [1.54, 1.807) is 0 Å². The van der Waals surface area contributed by atoms with Crippen molar-refractivity contribution in [3.63, 3.8) is 0 Å². The average Bonchev–Trinajstić information content (AvgIpc) is 2.58. The fraction of sp³-hybridized carbons (Fsp3) is 0.400. The van der Waals surface area contributed by atoms with Crippen LogP contribution in [0.4, 0.5) is 0 Å². The summed E-state index contributed by atoms with van der Waals surface area (Å²) in [7, 11) is 0. The molecule has 2 aromatic rings. The third-order valence-electron chi connectivity index (χ3n) is 3.77. The van der Waals surface area contributed by atoms with Crippen LogP contribution in [0.3, 0.4) is 0 Å². The van der Waals surface area contributed by atoms with Crippen LogP contribution in [0.25, 0.3) is 0 Å². The van der Waals surface area contributed by atoms with Gasteiger partial charge < -0.3 is 9.47 Å². The van der Waals surface area contributed by atoms with Crippen molar-refractivity contribution in [3.05, 3.63) is 57.2 Å². The monoisotopic (exact) mass is 424 g/mol. The maximum Gasteiger partial charge on any atom is 0.132 e. The van der Waals surface area contributed by atoms with E-state index in [0.717, 1.165) is 37.6 Å². The molecule has 0 heterocycles. The Kier molecular flexibility index (Phi) is 7.21. The van der Waals surface area contributed by atoms with Gasteiger partial charge in [0.25, 0.3) is 0 Å². The first kappa shape index (κ1) is 18.1. The van der Waals surface area contributed by atoms with Crippen LogP contribution in [0.15, 0.2) is 42.5 Å². The maximum absolute atomic E-state index is 5.76. The van der Waals surface area contributed by atoms with Gasteiger partial charge in [-0.15, -0.1) is 0 Å². The molecule has 0 aliphatic rings. The zero-order valence-corrected chi connectivity index (χ0v) is 16.3. The smallest absolute Gasteiger partial charge is 0.132 e. The second kappa shape index (κ2) is 9.16. The lowest BCUT2D eigenvalue weighted by Gasteiger charge is -2.15. The Morgan fingerprint density at radius 2 is 1.48 bits per heavy atom. The van der Waals surface area contributed by atoms with Gasteiger partial charge in [0.05, 0.1) is 16.8 Å². The van der Waals surface area contributed by atoms with Crippen LogP contribution in [-0.4, -0.2) is 13.2 Å². The Morgan fingerprint density at radius 3 is 2.09 bits per heavy atom. The van der Waals surface area contributed by atoms with Crippen molar-refractivity contribution in [2.24, 2.45) is 0 Å². The first-order valence-electron chi connectivity index (χ1n) is 8.30. The SMILES string of the molecule is CCCOc1ccc(C(C)c2ccc(OCCC)c(I)c2)cc1. The number of rotatable bonds is 8. The van der Waals surface area contributed by atoms with Gasteiger partial charge in [0.15, 0.2) is 0 Å². The van der Waals surface area contributed by atoms with Crippen LogP contribution >= 0.6 is 22.6 Å². The minimum Gasteiger partial charge on any atom is -0.494 e. The van der Waals surface area contributed by atoms with Crippen molar-refractivity contribution >= 4 is 22.6 Å². The van der Waals surface area contributed by atoms with Gasteiger partial charge in [-0.05, 0) is 70.8 Å². The summed E-state index contributed by atoms with van der Waals surface area (Å²) >= 11 is 2.35. The van der Waals surface area contributed by atoms with Gasteiger partial charge in [0.2, 0.25) is 0 Å². The van der Waals surface area contributed by atoms with Crippen molar-refractivity contribution in [2.75, 3.05) is 13.2 Å². The first-order chi connectivity index (χ1) is 11.2. The highest BCUT2D eigenvalue weighted by Gasteiger charge is 2.11. The summed E-state index contributed by atoms with van der Waals surface area (Å²) < 4.78 is 12.6. The summed E-state index contributed by atoms with van der Waals surface area (Å²) in [5, 5.41) is 0. The summed E-state index contributed by atoms with van der Waals surface area (Å²) in [4.78, 5) is 0. The Morgan fingerprint density at radius 1 is 0.870 bits per heavy atom. The van der Waals surface area contributed by atoms with Crippen molar-refractivity contribution in [2.45, 2.75) is 39.5 Å². The van der Waals surface area contributed by atoms with E-state index in [1.165, 1.54) is 14.7 Å². The van der Waals surface area contributed by atoms with Gasteiger partial charge in [-0.2, -0.15) is 0 Å². The van der Waals surface area contributed by atoms with Crippen LogP contribution in [-0.2, 0) is 0 Å². The van der Waals surface area contributed by atoms with Crippen molar-refractivity contribution < 1.29 is 9.47 Å². The molecule has 1 atom stereocenters. The highest BCUT2D eigenvalue weighted by Crippen LogP contribution is 2.30. The van der Waals surface area contributed by atoms with E-state index in [-0.39, 0.29) is 0 Å². The third-order valence-corrected chi connectivity index (χ3v) is 4.61. The molecule has 124 valence electrons. The molecule has 0 N–H and O–H groups in total. The fourth-order valence-electron chi connectivity index (χ4n) is 2.38. The molecular weight excluding hydrogens is 399 g/mol. The summed E-state index contributed by atoms with van der Waals surface area (Å²) in [5.74, 6) is 2.27. The molecule has 1 unspecified atom stereocenters. The molecule has 0 aromatic heterocycles. The zero-order chi connectivity index (χ0) is 16.7. The number of halogens is 1. The molecule has 0 saturated carbocycles. The van der Waals surface area contributed by atoms with E-state index in [1.807, 2.05) is 0 Å². The Bertz CT molecular complexity index is 608. The third kappa shape index (κ3) is 5.13. The van der Waals surface area contributed by atoms with Gasteiger partial charge in [0, 0.05) is 5.92 Å². The van der Waals surface area contributed by atoms with Crippen LogP contribution in [0, 0.1) is 3.57 Å². The molecule has 2 rings (SSSR count). The predicted octanol–water partition coefficient (Wildman–Crippen LogP) is 6.02. The zero-order valence-electron chi connectivity index (χ0n) is 14.1. The minimum absolute atomic E-state index is 0.351. The molecule has 0 radical (unpaired) electrons. The van der Waals surface area contributed by atoms with Crippen molar-refractivity contribution in [1.29, 1.82) is 0 Å². The number of hydrogen-bond acceptors (Lipinski definition) is 2. The lowest BCUT2D eigenvalue weighted by atomic mass is 9.93.